The summed E-state index contributed by atoms with van der Waals surface area (Å²) < 4.78 is 0. The van der Waals surface area contributed by atoms with Crippen LogP contribution in [0, 0.1) is 5.92 Å². The fourth-order valence-corrected chi connectivity index (χ4v) is 3.05. The van der Waals surface area contributed by atoms with E-state index in [0.29, 0.717) is 24.7 Å². The van der Waals surface area contributed by atoms with E-state index in [-0.39, 0.29) is 0 Å². The first kappa shape index (κ1) is 16.2. The number of nitrogens with zero attached hydrogens (tertiary/aromatic N) is 2. The average molecular weight is 323 g/mol. The van der Waals surface area contributed by atoms with Crippen molar-refractivity contribution in [3.05, 3.63) is 60.4 Å². The number of amides is 2. The highest BCUT2D eigenvalue weighted by atomic mass is 16.2. The van der Waals surface area contributed by atoms with Gasteiger partial charge in [-0.3, -0.25) is 14.6 Å². The number of hydrogen-bond acceptors (Lipinski definition) is 3. The normalized spacial score (nSPS) is 15.1. The minimum Gasteiger partial charge on any atom is -0.334 e. The van der Waals surface area contributed by atoms with Crippen molar-refractivity contribution in [3.63, 3.8) is 0 Å². The molecular weight excluding hydrogens is 302 g/mol. The van der Waals surface area contributed by atoms with Gasteiger partial charge in [0.25, 0.3) is 0 Å². The Bertz CT molecular complexity index is 680. The molecule has 1 N–H and O–H groups in total. The van der Waals surface area contributed by atoms with Crippen LogP contribution in [0.1, 0.15) is 18.4 Å². The third-order valence-electron chi connectivity index (χ3n) is 4.38. The molecule has 2 heterocycles. The van der Waals surface area contributed by atoms with Crippen molar-refractivity contribution in [1.82, 2.24) is 9.88 Å². The summed E-state index contributed by atoms with van der Waals surface area (Å²) in [5.41, 5.74) is 1.87. The van der Waals surface area contributed by atoms with Crippen molar-refractivity contribution in [3.8, 4) is 0 Å². The highest BCUT2D eigenvalue weighted by Gasteiger charge is 2.27. The number of pyridine rings is 1. The fraction of sp³-hybridized carbons (Fsp3) is 0.316. The van der Waals surface area contributed by atoms with Crippen LogP contribution < -0.4 is 5.32 Å². The summed E-state index contributed by atoms with van der Waals surface area (Å²) in [6.45, 7) is 1.27. The van der Waals surface area contributed by atoms with Crippen LogP contribution in [-0.2, 0) is 16.0 Å². The number of carbonyl (C=O) groups is 2. The Labute approximate surface area is 141 Å². The number of aromatic nitrogens is 1. The Kier molecular flexibility index (Phi) is 5.21. The third-order valence-corrected chi connectivity index (χ3v) is 4.38. The van der Waals surface area contributed by atoms with Gasteiger partial charge in [-0.2, -0.15) is 0 Å². The van der Waals surface area contributed by atoms with E-state index in [0.717, 1.165) is 19.3 Å². The van der Waals surface area contributed by atoms with E-state index >= 15 is 0 Å². The minimum absolute atomic E-state index is 0.461. The van der Waals surface area contributed by atoms with Crippen molar-refractivity contribution < 1.29 is 9.59 Å². The van der Waals surface area contributed by atoms with E-state index in [4.69, 9.17) is 0 Å². The highest BCUT2D eigenvalue weighted by molar-refractivity contribution is 6.39. The minimum atomic E-state index is -0.593. The van der Waals surface area contributed by atoms with Crippen LogP contribution in [0.4, 0.5) is 5.69 Å². The molecule has 1 aliphatic heterocycles. The number of nitrogens with one attached hydrogen (secondary N) is 1. The van der Waals surface area contributed by atoms with E-state index in [1.165, 1.54) is 11.8 Å². The molecule has 0 unspecified atom stereocenters. The Morgan fingerprint density at radius 3 is 2.50 bits per heavy atom. The Morgan fingerprint density at radius 1 is 1.08 bits per heavy atom. The van der Waals surface area contributed by atoms with Crippen molar-refractivity contribution in [2.24, 2.45) is 5.92 Å². The summed E-state index contributed by atoms with van der Waals surface area (Å²) in [7, 11) is 0. The second-order valence-corrected chi connectivity index (χ2v) is 6.12. The fourth-order valence-electron chi connectivity index (χ4n) is 3.05. The van der Waals surface area contributed by atoms with Crippen LogP contribution in [0.25, 0.3) is 0 Å². The van der Waals surface area contributed by atoms with Gasteiger partial charge in [0, 0.05) is 19.3 Å². The van der Waals surface area contributed by atoms with Gasteiger partial charge in [-0.1, -0.05) is 30.3 Å². The lowest BCUT2D eigenvalue weighted by molar-refractivity contribution is -0.144. The number of hydrogen-bond donors (Lipinski definition) is 1. The second kappa shape index (κ2) is 7.73. The highest BCUT2D eigenvalue weighted by Crippen LogP contribution is 2.21. The lowest BCUT2D eigenvalue weighted by Gasteiger charge is -2.31. The standard InChI is InChI=1S/C19H21N3O2/c23-18(21-17-7-4-10-20-14-17)19(24)22-11-8-16(9-12-22)13-15-5-2-1-3-6-15/h1-7,10,14,16H,8-9,11-13H2,(H,21,23). The molecule has 0 saturated carbocycles. The van der Waals surface area contributed by atoms with Crippen molar-refractivity contribution in [2.45, 2.75) is 19.3 Å². The average Bonchev–Trinajstić information content (AvgIpc) is 2.63. The molecule has 2 amide bonds. The van der Waals surface area contributed by atoms with Gasteiger partial charge >= 0.3 is 11.8 Å². The molecule has 1 aromatic carbocycles. The van der Waals surface area contributed by atoms with Gasteiger partial charge in [0.15, 0.2) is 0 Å². The third kappa shape index (κ3) is 4.19. The molecule has 2 aromatic rings. The van der Waals surface area contributed by atoms with Gasteiger partial charge in [-0.15, -0.1) is 0 Å². The van der Waals surface area contributed by atoms with E-state index in [2.05, 4.69) is 34.6 Å². The summed E-state index contributed by atoms with van der Waals surface area (Å²) in [6.07, 6.45) is 6.04. The zero-order valence-electron chi connectivity index (χ0n) is 13.5. The Morgan fingerprint density at radius 2 is 1.83 bits per heavy atom. The number of piperidine rings is 1. The Balaban J connectivity index is 1.49. The molecule has 124 valence electrons. The van der Waals surface area contributed by atoms with Crippen LogP contribution in [0.15, 0.2) is 54.9 Å². The SMILES string of the molecule is O=C(Nc1cccnc1)C(=O)N1CCC(Cc2ccccc2)CC1. The molecular formula is C19H21N3O2. The predicted molar refractivity (Wildman–Crippen MR) is 92.3 cm³/mol. The lowest BCUT2D eigenvalue weighted by atomic mass is 9.90. The smallest absolute Gasteiger partial charge is 0.313 e. The summed E-state index contributed by atoms with van der Waals surface area (Å²) in [6, 6.07) is 13.8. The molecule has 0 spiro atoms. The molecule has 1 fully saturated rings. The van der Waals surface area contributed by atoms with Crippen molar-refractivity contribution in [1.29, 1.82) is 0 Å². The van der Waals surface area contributed by atoms with Crippen LogP contribution in [0.5, 0.6) is 0 Å². The lowest BCUT2D eigenvalue weighted by Crippen LogP contribution is -2.44. The number of rotatable bonds is 3. The summed E-state index contributed by atoms with van der Waals surface area (Å²) in [4.78, 5) is 29.9. The van der Waals surface area contributed by atoms with E-state index in [1.807, 2.05) is 6.07 Å². The number of anilines is 1. The second-order valence-electron chi connectivity index (χ2n) is 6.12. The molecule has 0 aliphatic carbocycles. The van der Waals surface area contributed by atoms with Crippen LogP contribution in [0.2, 0.25) is 0 Å². The number of likely N-dealkylation sites (tertiary alicyclic amines) is 1. The molecule has 1 aliphatic rings. The molecule has 0 bridgehead atoms. The van der Waals surface area contributed by atoms with Gasteiger partial charge in [0.05, 0.1) is 11.9 Å². The predicted octanol–water partition coefficient (Wildman–Crippen LogP) is 2.50. The molecule has 24 heavy (non-hydrogen) atoms. The van der Waals surface area contributed by atoms with Gasteiger partial charge < -0.3 is 10.2 Å². The molecule has 5 nitrogen and oxygen atoms in total. The van der Waals surface area contributed by atoms with Crippen LogP contribution in [0.3, 0.4) is 0 Å². The maximum atomic E-state index is 12.3. The topological polar surface area (TPSA) is 62.3 Å². The largest absolute Gasteiger partial charge is 0.334 e. The quantitative estimate of drug-likeness (QED) is 0.883. The maximum Gasteiger partial charge on any atom is 0.313 e. The maximum absolute atomic E-state index is 12.3. The van der Waals surface area contributed by atoms with Gasteiger partial charge in [0.1, 0.15) is 0 Å². The van der Waals surface area contributed by atoms with E-state index in [9.17, 15) is 9.59 Å². The van der Waals surface area contributed by atoms with Crippen molar-refractivity contribution >= 4 is 17.5 Å². The monoisotopic (exact) mass is 323 g/mol. The molecule has 0 radical (unpaired) electrons. The van der Waals surface area contributed by atoms with Gasteiger partial charge in [-0.05, 0) is 42.9 Å². The van der Waals surface area contributed by atoms with E-state index in [1.54, 1.807) is 23.2 Å². The first-order valence-corrected chi connectivity index (χ1v) is 8.26. The molecule has 1 saturated heterocycles. The number of benzene rings is 1. The summed E-state index contributed by atoms with van der Waals surface area (Å²) in [5, 5.41) is 2.60. The van der Waals surface area contributed by atoms with Crippen LogP contribution >= 0.6 is 0 Å². The molecule has 5 heteroatoms. The zero-order chi connectivity index (χ0) is 16.8. The van der Waals surface area contributed by atoms with Crippen molar-refractivity contribution in [2.75, 3.05) is 18.4 Å². The van der Waals surface area contributed by atoms with E-state index < -0.39 is 11.8 Å². The molecule has 0 atom stereocenters. The summed E-state index contributed by atoms with van der Waals surface area (Å²) >= 11 is 0. The van der Waals surface area contributed by atoms with Gasteiger partial charge in [-0.25, -0.2) is 0 Å². The van der Waals surface area contributed by atoms with Crippen LogP contribution in [-0.4, -0.2) is 34.8 Å². The Hall–Kier alpha value is -2.69. The number of carbonyl (C=O) groups excluding carboxylic acids is 2. The molecule has 1 aromatic heterocycles. The zero-order valence-corrected chi connectivity index (χ0v) is 13.5. The first-order chi connectivity index (χ1) is 11.7. The van der Waals surface area contributed by atoms with Gasteiger partial charge in [0.2, 0.25) is 0 Å². The summed E-state index contributed by atoms with van der Waals surface area (Å²) in [5.74, 6) is -0.487. The molecule has 3 rings (SSSR count). The first-order valence-electron chi connectivity index (χ1n) is 8.26.